The van der Waals surface area contributed by atoms with Gasteiger partial charge < -0.3 is 9.84 Å². The summed E-state index contributed by atoms with van der Waals surface area (Å²) >= 11 is 0. The van der Waals surface area contributed by atoms with Crippen LogP contribution in [0.3, 0.4) is 0 Å². The molecule has 1 N–H and O–H groups in total. The molecule has 0 saturated carbocycles. The van der Waals surface area contributed by atoms with Crippen molar-refractivity contribution in [3.63, 3.8) is 0 Å². The van der Waals surface area contributed by atoms with Crippen LogP contribution in [0.2, 0.25) is 0 Å². The number of aliphatic hydroxyl groups is 1. The summed E-state index contributed by atoms with van der Waals surface area (Å²) in [6, 6.07) is 20.2. The van der Waals surface area contributed by atoms with Gasteiger partial charge >= 0.3 is 0 Å². The lowest BCUT2D eigenvalue weighted by molar-refractivity contribution is -0.385. The van der Waals surface area contributed by atoms with Gasteiger partial charge in [-0.15, -0.1) is 0 Å². The zero-order valence-corrected chi connectivity index (χ0v) is 18.8. The number of allylic oxidation sites excluding steroid dienone is 1. The molecule has 0 saturated heterocycles. The van der Waals surface area contributed by atoms with Gasteiger partial charge in [-0.1, -0.05) is 48.5 Å². The first-order valence-corrected chi connectivity index (χ1v) is 10.9. The Labute approximate surface area is 201 Å². The molecule has 8 nitrogen and oxygen atoms in total. The summed E-state index contributed by atoms with van der Waals surface area (Å²) in [6.45, 7) is 2.29. The van der Waals surface area contributed by atoms with Crippen molar-refractivity contribution in [1.82, 2.24) is 0 Å². The molecule has 0 bridgehead atoms. The maximum atomic E-state index is 13.3. The lowest BCUT2D eigenvalue weighted by atomic mass is 9.94. The lowest BCUT2D eigenvalue weighted by Gasteiger charge is -2.26. The second-order valence-electron chi connectivity index (χ2n) is 7.69. The van der Waals surface area contributed by atoms with Gasteiger partial charge in [0.15, 0.2) is 11.5 Å². The molecular formula is C27H22N2O6. The van der Waals surface area contributed by atoms with Crippen molar-refractivity contribution < 1.29 is 24.4 Å². The molecule has 1 aliphatic rings. The van der Waals surface area contributed by atoms with E-state index in [1.807, 2.05) is 25.1 Å². The van der Waals surface area contributed by atoms with Crippen molar-refractivity contribution in [2.24, 2.45) is 0 Å². The molecule has 4 rings (SSSR count). The maximum Gasteiger partial charge on any atom is 0.294 e. The zero-order valence-electron chi connectivity index (χ0n) is 18.8. The van der Waals surface area contributed by atoms with Crippen LogP contribution in [-0.2, 0) is 9.59 Å². The quantitative estimate of drug-likeness (QED) is 0.276. The van der Waals surface area contributed by atoms with Gasteiger partial charge in [-0.3, -0.25) is 24.6 Å². The van der Waals surface area contributed by atoms with Crippen molar-refractivity contribution in [3.05, 3.63) is 118 Å². The molecule has 1 unspecified atom stereocenters. The first-order valence-electron chi connectivity index (χ1n) is 10.9. The standard InChI is InChI=1S/C27H22N2O6/c1-2-35-20-15-13-19(14-16-20)28-25(21-10-6-7-11-22(21)29(33)34)24(26(31)27(28)32)23(30)17-12-18-8-4-3-5-9-18/h3-17,25,31H,2H2,1H3/b17-12+. The van der Waals surface area contributed by atoms with E-state index in [4.69, 9.17) is 4.74 Å². The molecule has 3 aromatic rings. The topological polar surface area (TPSA) is 110 Å². The number of ketones is 1. The predicted molar refractivity (Wildman–Crippen MR) is 131 cm³/mol. The highest BCUT2D eigenvalue weighted by molar-refractivity contribution is 6.20. The minimum absolute atomic E-state index is 0.111. The third-order valence-corrected chi connectivity index (χ3v) is 5.55. The molecule has 3 aromatic carbocycles. The van der Waals surface area contributed by atoms with Crippen LogP contribution in [-0.4, -0.2) is 28.3 Å². The van der Waals surface area contributed by atoms with Crippen molar-refractivity contribution in [2.75, 3.05) is 11.5 Å². The number of para-hydroxylation sites is 1. The average molecular weight is 470 g/mol. The van der Waals surface area contributed by atoms with Gasteiger partial charge in [0, 0.05) is 11.8 Å². The van der Waals surface area contributed by atoms with Crippen LogP contribution in [0.5, 0.6) is 5.75 Å². The molecule has 176 valence electrons. The molecule has 1 atom stereocenters. The third-order valence-electron chi connectivity index (χ3n) is 5.55. The van der Waals surface area contributed by atoms with E-state index in [0.29, 0.717) is 18.0 Å². The fourth-order valence-corrected chi connectivity index (χ4v) is 4.00. The fourth-order valence-electron chi connectivity index (χ4n) is 4.00. The third kappa shape index (κ3) is 4.67. The summed E-state index contributed by atoms with van der Waals surface area (Å²) in [5, 5.41) is 22.6. The van der Waals surface area contributed by atoms with Crippen LogP contribution in [0.4, 0.5) is 11.4 Å². The monoisotopic (exact) mass is 470 g/mol. The number of nitrogens with zero attached hydrogens (tertiary/aromatic N) is 2. The van der Waals surface area contributed by atoms with Crippen LogP contribution >= 0.6 is 0 Å². The van der Waals surface area contributed by atoms with Gasteiger partial charge in [0.1, 0.15) is 11.8 Å². The molecule has 0 fully saturated rings. The van der Waals surface area contributed by atoms with E-state index >= 15 is 0 Å². The Morgan fingerprint density at radius 2 is 1.71 bits per heavy atom. The van der Waals surface area contributed by atoms with E-state index in [0.717, 1.165) is 5.56 Å². The number of carbonyl (C=O) groups excluding carboxylic acids is 2. The zero-order chi connectivity index (χ0) is 24.9. The largest absolute Gasteiger partial charge is 0.503 e. The SMILES string of the molecule is CCOc1ccc(N2C(=O)C(O)=C(C(=O)/C=C/c3ccccc3)C2c2ccccc2[N+](=O)[O-])cc1. The molecule has 1 heterocycles. The van der Waals surface area contributed by atoms with E-state index < -0.39 is 28.4 Å². The summed E-state index contributed by atoms with van der Waals surface area (Å²) in [5.41, 5.74) is 0.706. The van der Waals surface area contributed by atoms with Crippen molar-refractivity contribution in [2.45, 2.75) is 13.0 Å². The molecule has 0 spiro atoms. The Morgan fingerprint density at radius 1 is 1.06 bits per heavy atom. The average Bonchev–Trinajstić information content (AvgIpc) is 3.14. The molecule has 1 amide bonds. The Hall–Kier alpha value is -4.72. The van der Waals surface area contributed by atoms with Gasteiger partial charge in [-0.25, -0.2) is 0 Å². The van der Waals surface area contributed by atoms with Gasteiger partial charge in [0.05, 0.1) is 22.7 Å². The Bertz CT molecular complexity index is 1330. The first-order chi connectivity index (χ1) is 16.9. The number of amides is 1. The number of hydrogen-bond acceptors (Lipinski definition) is 6. The Balaban J connectivity index is 1.82. The van der Waals surface area contributed by atoms with Gasteiger partial charge in [0.25, 0.3) is 11.6 Å². The number of carbonyl (C=O) groups is 2. The number of nitro groups is 1. The smallest absolute Gasteiger partial charge is 0.294 e. The fraction of sp³-hybridized carbons (Fsp3) is 0.111. The number of hydrogen-bond donors (Lipinski definition) is 1. The van der Waals surface area contributed by atoms with Crippen LogP contribution in [0.15, 0.2) is 96.3 Å². The molecule has 8 heteroatoms. The number of aliphatic hydroxyl groups excluding tert-OH is 1. The van der Waals surface area contributed by atoms with Gasteiger partial charge in [0.2, 0.25) is 0 Å². The van der Waals surface area contributed by atoms with E-state index in [9.17, 15) is 24.8 Å². The summed E-state index contributed by atoms with van der Waals surface area (Å²) in [4.78, 5) is 38.9. The van der Waals surface area contributed by atoms with E-state index in [1.54, 1.807) is 48.5 Å². The number of ether oxygens (including phenoxy) is 1. The molecule has 0 aromatic heterocycles. The summed E-state index contributed by atoms with van der Waals surface area (Å²) in [7, 11) is 0. The second-order valence-corrected chi connectivity index (χ2v) is 7.69. The minimum Gasteiger partial charge on any atom is -0.503 e. The number of nitro benzene ring substituents is 1. The Kier molecular flexibility index (Phi) is 6.73. The van der Waals surface area contributed by atoms with Crippen LogP contribution < -0.4 is 9.64 Å². The highest BCUT2D eigenvalue weighted by atomic mass is 16.6. The van der Waals surface area contributed by atoms with Crippen LogP contribution in [0, 0.1) is 10.1 Å². The van der Waals surface area contributed by atoms with Crippen LogP contribution in [0.1, 0.15) is 24.1 Å². The Morgan fingerprint density at radius 3 is 2.37 bits per heavy atom. The van der Waals surface area contributed by atoms with E-state index in [2.05, 4.69) is 0 Å². The molecule has 1 aliphatic heterocycles. The number of benzene rings is 3. The number of rotatable bonds is 8. The second kappa shape index (κ2) is 10.0. The summed E-state index contributed by atoms with van der Waals surface area (Å²) in [5.74, 6) is -1.63. The van der Waals surface area contributed by atoms with Crippen molar-refractivity contribution in [3.8, 4) is 5.75 Å². The first kappa shape index (κ1) is 23.4. The normalized spacial score (nSPS) is 15.6. The maximum absolute atomic E-state index is 13.3. The van der Waals surface area contributed by atoms with Gasteiger partial charge in [-0.2, -0.15) is 0 Å². The predicted octanol–water partition coefficient (Wildman–Crippen LogP) is 5.18. The molecular weight excluding hydrogens is 448 g/mol. The van der Waals surface area contributed by atoms with Crippen molar-refractivity contribution in [1.29, 1.82) is 0 Å². The molecule has 35 heavy (non-hydrogen) atoms. The summed E-state index contributed by atoms with van der Waals surface area (Å²) < 4.78 is 5.45. The van der Waals surface area contributed by atoms with Crippen LogP contribution in [0.25, 0.3) is 6.08 Å². The summed E-state index contributed by atoms with van der Waals surface area (Å²) in [6.07, 6.45) is 2.81. The van der Waals surface area contributed by atoms with Gasteiger partial charge in [-0.05, 0) is 48.9 Å². The lowest BCUT2D eigenvalue weighted by Crippen LogP contribution is -2.31. The highest BCUT2D eigenvalue weighted by Crippen LogP contribution is 2.44. The van der Waals surface area contributed by atoms with E-state index in [1.165, 1.54) is 29.2 Å². The van der Waals surface area contributed by atoms with Crippen molar-refractivity contribution >= 4 is 29.1 Å². The number of anilines is 1. The van der Waals surface area contributed by atoms with E-state index in [-0.39, 0.29) is 16.8 Å². The molecule has 0 aliphatic carbocycles. The highest BCUT2D eigenvalue weighted by Gasteiger charge is 2.46. The minimum atomic E-state index is -1.20. The molecule has 0 radical (unpaired) electrons.